The number of hydrogen-bond acceptors (Lipinski definition) is 0. The Morgan fingerprint density at radius 3 is 0.875 bits per heavy atom. The normalized spacial score (nSPS) is 10.0. The minimum Gasteiger partial charge on any atom is -1.00 e. The zero-order valence-electron chi connectivity index (χ0n) is 28.5. The van der Waals surface area contributed by atoms with Gasteiger partial charge in [0, 0.05) is 0 Å². The van der Waals surface area contributed by atoms with Gasteiger partial charge in [-0.25, -0.2) is 0 Å². The Kier molecular flexibility index (Phi) is 19.7. The van der Waals surface area contributed by atoms with Gasteiger partial charge < -0.3 is 24.8 Å². The van der Waals surface area contributed by atoms with Crippen molar-refractivity contribution < 1.29 is 68.2 Å². The van der Waals surface area contributed by atoms with Gasteiger partial charge in [0.1, 0.15) is 0 Å². The quantitative estimate of drug-likeness (QED) is 0.122. The summed E-state index contributed by atoms with van der Waals surface area (Å²) in [5, 5.41) is 13.9. The van der Waals surface area contributed by atoms with Crippen LogP contribution in [0.2, 0.25) is 0 Å². The fraction of sp³-hybridized carbons (Fsp3) is 0.143. The van der Waals surface area contributed by atoms with Gasteiger partial charge in [-0.05, 0) is 26.7 Å². The summed E-state index contributed by atoms with van der Waals surface area (Å²) in [5.74, 6) is 0. The van der Waals surface area contributed by atoms with Crippen LogP contribution >= 0.6 is 15.8 Å². The summed E-state index contributed by atoms with van der Waals surface area (Å²) in [6.45, 7) is 13.4. The number of hydrogen-bond donors (Lipinski definition) is 0. The van der Waals surface area contributed by atoms with E-state index in [2.05, 4.69) is 186 Å². The van der Waals surface area contributed by atoms with E-state index in [0.29, 0.717) is 0 Å². The molecule has 0 saturated carbocycles. The van der Waals surface area contributed by atoms with Crippen molar-refractivity contribution in [3.8, 4) is 0 Å². The summed E-state index contributed by atoms with van der Waals surface area (Å²) in [6.07, 6.45) is 0. The molecule has 0 bridgehead atoms. The topological polar surface area (TPSA) is 0 Å². The number of halogens is 2. The molecule has 0 N–H and O–H groups in total. The summed E-state index contributed by atoms with van der Waals surface area (Å²) >= 11 is 0. The summed E-state index contributed by atoms with van der Waals surface area (Å²) in [5.41, 5.74) is 2.70. The van der Waals surface area contributed by atoms with Crippen LogP contribution in [0.4, 0.5) is 0 Å². The van der Waals surface area contributed by atoms with Crippen LogP contribution in [0.25, 0.3) is 43.1 Å². The molecule has 0 atom stereocenters. The SMILES string of the molecule is CP(C)c1cc2ccccc2[cH-]1.CP(C)c1cc2ccccc2[cH-]1.Cc1cc2ccccc2[cH-]1.Cc1cc2ccccc2[cH-]1.[Cl-].[Cl-].[Ti+2].[Ti+2]. The van der Waals surface area contributed by atoms with Gasteiger partial charge in [0.15, 0.2) is 0 Å². The van der Waals surface area contributed by atoms with Crippen LogP contribution in [0, 0.1) is 13.8 Å². The van der Waals surface area contributed by atoms with Crippen LogP contribution in [0.5, 0.6) is 0 Å². The van der Waals surface area contributed by atoms with Crippen LogP contribution in [-0.2, 0) is 43.4 Å². The van der Waals surface area contributed by atoms with E-state index in [9.17, 15) is 0 Å². The summed E-state index contributed by atoms with van der Waals surface area (Å²) in [4.78, 5) is 0. The Bertz CT molecular complexity index is 1800. The number of aryl methyl sites for hydroxylation is 2. The molecule has 0 aliphatic heterocycles. The first-order chi connectivity index (χ1) is 21.3. The molecule has 6 heteroatoms. The third-order valence-corrected chi connectivity index (χ3v) is 10.3. The molecule has 8 aromatic rings. The van der Waals surface area contributed by atoms with E-state index in [1.807, 2.05) is 0 Å². The molecule has 0 aliphatic carbocycles. The fourth-order valence-electron chi connectivity index (χ4n) is 5.40. The Labute approximate surface area is 332 Å². The van der Waals surface area contributed by atoms with E-state index in [-0.39, 0.29) is 84.1 Å². The van der Waals surface area contributed by atoms with E-state index in [0.717, 1.165) is 0 Å². The molecular formula is C42H42Cl2P2Ti2-2. The smallest absolute Gasteiger partial charge is 1.00 e. The largest absolute Gasteiger partial charge is 2.00 e. The van der Waals surface area contributed by atoms with Crippen molar-refractivity contribution >= 4 is 69.5 Å². The van der Waals surface area contributed by atoms with Gasteiger partial charge in [0.2, 0.25) is 0 Å². The van der Waals surface area contributed by atoms with Gasteiger partial charge in [-0.1, -0.05) is 38.1 Å². The standard InChI is InChI=1S/2C11H12P.2C10H9.2ClH.2Ti/c2*1-12(2)11-7-9-5-3-4-6-10(9)8-11;2*1-8-6-9-4-2-3-5-10(9)7-8;;;;/h2*3-8H,1-2H3;2*2-7H,1H3;2*1H;;/q4*-1;;;2*+2/p-2. The van der Waals surface area contributed by atoms with E-state index < -0.39 is 0 Å². The zero-order chi connectivity index (χ0) is 31.1. The molecule has 0 amide bonds. The maximum absolute atomic E-state index is 2.31. The van der Waals surface area contributed by atoms with Crippen molar-refractivity contribution in [1.29, 1.82) is 0 Å². The molecule has 48 heavy (non-hydrogen) atoms. The zero-order valence-corrected chi connectivity index (χ0v) is 34.9. The maximum Gasteiger partial charge on any atom is 2.00 e. The van der Waals surface area contributed by atoms with Crippen LogP contribution < -0.4 is 35.4 Å². The fourth-order valence-corrected chi connectivity index (χ4v) is 6.99. The van der Waals surface area contributed by atoms with E-state index in [4.69, 9.17) is 0 Å². The van der Waals surface area contributed by atoms with Gasteiger partial charge in [-0.3, -0.25) is 0 Å². The van der Waals surface area contributed by atoms with Gasteiger partial charge in [-0.2, -0.15) is 24.3 Å². The Morgan fingerprint density at radius 1 is 0.375 bits per heavy atom. The summed E-state index contributed by atoms with van der Waals surface area (Å²) in [6, 6.07) is 52.0. The van der Waals surface area contributed by atoms with E-state index in [1.165, 1.54) is 64.8 Å². The monoisotopic (exact) mass is 774 g/mol. The first-order valence-corrected chi connectivity index (χ1v) is 19.6. The maximum atomic E-state index is 2.31. The van der Waals surface area contributed by atoms with Crippen molar-refractivity contribution in [2.24, 2.45) is 0 Å². The molecule has 244 valence electrons. The van der Waals surface area contributed by atoms with Crippen LogP contribution in [0.15, 0.2) is 146 Å². The van der Waals surface area contributed by atoms with Crippen molar-refractivity contribution in [2.75, 3.05) is 26.7 Å². The molecule has 0 aliphatic rings. The van der Waals surface area contributed by atoms with Crippen LogP contribution in [0.3, 0.4) is 0 Å². The molecule has 0 spiro atoms. The summed E-state index contributed by atoms with van der Waals surface area (Å²) < 4.78 is 0. The van der Waals surface area contributed by atoms with E-state index in [1.54, 1.807) is 0 Å². The van der Waals surface area contributed by atoms with Gasteiger partial charge in [0.25, 0.3) is 0 Å². The van der Waals surface area contributed by atoms with Crippen molar-refractivity contribution in [3.05, 3.63) is 157 Å². The van der Waals surface area contributed by atoms with Gasteiger partial charge in [-0.15, -0.1) is 178 Å². The van der Waals surface area contributed by atoms with Gasteiger partial charge in [0.05, 0.1) is 0 Å². The average Bonchev–Trinajstić information content (AvgIpc) is 3.80. The minimum atomic E-state index is 0. The number of rotatable bonds is 2. The van der Waals surface area contributed by atoms with Crippen LogP contribution in [0.1, 0.15) is 11.1 Å². The average molecular weight is 775 g/mol. The van der Waals surface area contributed by atoms with Crippen molar-refractivity contribution in [2.45, 2.75) is 13.8 Å². The van der Waals surface area contributed by atoms with Gasteiger partial charge >= 0.3 is 43.4 Å². The number of fused-ring (bicyclic) bond motifs is 4. The predicted octanol–water partition coefficient (Wildman–Crippen LogP) is 5.59. The molecule has 0 heterocycles. The second-order valence-corrected chi connectivity index (χ2v) is 16.4. The molecule has 0 aromatic heterocycles. The molecule has 0 saturated heterocycles. The second-order valence-electron chi connectivity index (χ2n) is 11.8. The Balaban J connectivity index is 0.000000312. The molecule has 8 aromatic carbocycles. The predicted molar refractivity (Wildman–Crippen MR) is 204 cm³/mol. The molecule has 0 unspecified atom stereocenters. The van der Waals surface area contributed by atoms with E-state index >= 15 is 0 Å². The summed E-state index contributed by atoms with van der Waals surface area (Å²) in [7, 11) is 0.115. The Hall–Kier alpha value is -1.81. The molecule has 0 nitrogen and oxygen atoms in total. The number of benzene rings is 4. The van der Waals surface area contributed by atoms with Crippen molar-refractivity contribution in [1.82, 2.24) is 0 Å². The molecular weight excluding hydrogens is 733 g/mol. The van der Waals surface area contributed by atoms with Crippen LogP contribution in [-0.4, -0.2) is 26.7 Å². The molecule has 0 fully saturated rings. The second kappa shape index (κ2) is 21.4. The third kappa shape index (κ3) is 12.2. The Morgan fingerprint density at radius 2 is 0.625 bits per heavy atom. The van der Waals surface area contributed by atoms with Crippen molar-refractivity contribution in [3.63, 3.8) is 0 Å². The molecule has 8 rings (SSSR count). The first-order valence-electron chi connectivity index (χ1n) is 15.2. The third-order valence-electron chi connectivity index (χ3n) is 7.76. The minimum absolute atomic E-state index is 0. The first kappa shape index (κ1) is 44.2. The molecule has 0 radical (unpaired) electrons.